The number of hydrogen-bond donors (Lipinski definition) is 0. The number of aromatic nitrogens is 1. The van der Waals surface area contributed by atoms with Crippen LogP contribution >= 0.6 is 0 Å². The molecule has 1 aromatic carbocycles. The predicted molar refractivity (Wildman–Crippen MR) is 110 cm³/mol. The zero-order valence-electron chi connectivity index (χ0n) is 17.1. The Hall–Kier alpha value is -2.71. The molecule has 2 aromatic rings. The van der Waals surface area contributed by atoms with Gasteiger partial charge in [0.25, 0.3) is 0 Å². The van der Waals surface area contributed by atoms with Crippen molar-refractivity contribution in [2.24, 2.45) is 0 Å². The van der Waals surface area contributed by atoms with Crippen LogP contribution in [0.2, 0.25) is 0 Å². The molecule has 1 aromatic heterocycles. The molecule has 3 rings (SSSR count). The molecule has 1 atom stereocenters. The Morgan fingerprint density at radius 2 is 1.76 bits per heavy atom. The number of fused-ring (bicyclic) bond motifs is 1. The Labute approximate surface area is 172 Å². The number of ether oxygens (including phenoxy) is 3. The SMILES string of the molecule is COC(=O)C1=Cc2cncc(Cc3cc(OC)c(CN(C)C)c(OC)c3)c2S1=O. The molecule has 0 bridgehead atoms. The van der Waals surface area contributed by atoms with E-state index in [-0.39, 0.29) is 4.91 Å². The third-order valence-electron chi connectivity index (χ3n) is 4.59. The van der Waals surface area contributed by atoms with E-state index in [0.717, 1.165) is 28.2 Å². The van der Waals surface area contributed by atoms with Gasteiger partial charge in [-0.15, -0.1) is 0 Å². The number of hydrogen-bond acceptors (Lipinski definition) is 7. The Morgan fingerprint density at radius 3 is 2.31 bits per heavy atom. The maximum Gasteiger partial charge on any atom is 0.347 e. The van der Waals surface area contributed by atoms with Crippen LogP contribution in [0, 0.1) is 0 Å². The Bertz CT molecular complexity index is 976. The van der Waals surface area contributed by atoms with Crippen LogP contribution in [-0.2, 0) is 33.3 Å². The summed E-state index contributed by atoms with van der Waals surface area (Å²) < 4.78 is 28.8. The van der Waals surface area contributed by atoms with Gasteiger partial charge in [0.1, 0.15) is 16.4 Å². The second kappa shape index (κ2) is 8.75. The highest BCUT2D eigenvalue weighted by Crippen LogP contribution is 2.36. The van der Waals surface area contributed by atoms with Crippen LogP contribution < -0.4 is 9.47 Å². The van der Waals surface area contributed by atoms with Gasteiger partial charge in [-0.2, -0.15) is 0 Å². The second-order valence-corrected chi connectivity index (χ2v) is 8.26. The number of benzene rings is 1. The van der Waals surface area contributed by atoms with Gasteiger partial charge in [-0.1, -0.05) is 0 Å². The minimum Gasteiger partial charge on any atom is -0.496 e. The van der Waals surface area contributed by atoms with Crippen molar-refractivity contribution in [1.82, 2.24) is 9.88 Å². The Morgan fingerprint density at radius 1 is 1.10 bits per heavy atom. The van der Waals surface area contributed by atoms with E-state index in [1.165, 1.54) is 7.11 Å². The van der Waals surface area contributed by atoms with Gasteiger partial charge in [-0.05, 0) is 43.4 Å². The molecule has 1 unspecified atom stereocenters. The summed E-state index contributed by atoms with van der Waals surface area (Å²) in [6.45, 7) is 0.672. The summed E-state index contributed by atoms with van der Waals surface area (Å²) >= 11 is 0. The summed E-state index contributed by atoms with van der Waals surface area (Å²) in [5.74, 6) is 0.855. The Balaban J connectivity index is 1.99. The van der Waals surface area contributed by atoms with Crippen LogP contribution in [0.1, 0.15) is 22.3 Å². The fraction of sp³-hybridized carbons (Fsp3) is 0.333. The van der Waals surface area contributed by atoms with Crippen molar-refractivity contribution in [1.29, 1.82) is 0 Å². The van der Waals surface area contributed by atoms with Crippen LogP contribution in [0.3, 0.4) is 0 Å². The number of carbonyl (C=O) groups excluding carboxylic acids is 1. The lowest BCUT2D eigenvalue weighted by Gasteiger charge is -2.18. The third kappa shape index (κ3) is 4.18. The van der Waals surface area contributed by atoms with E-state index in [1.54, 1.807) is 32.7 Å². The van der Waals surface area contributed by atoms with Crippen LogP contribution in [0.4, 0.5) is 0 Å². The normalized spacial score (nSPS) is 15.1. The zero-order chi connectivity index (χ0) is 21.1. The fourth-order valence-electron chi connectivity index (χ4n) is 3.34. The van der Waals surface area contributed by atoms with E-state index in [9.17, 15) is 9.00 Å². The molecule has 0 saturated heterocycles. The van der Waals surface area contributed by atoms with Crippen LogP contribution in [-0.4, -0.2) is 55.5 Å². The minimum atomic E-state index is -1.60. The molecule has 2 heterocycles. The van der Waals surface area contributed by atoms with E-state index >= 15 is 0 Å². The molecule has 0 aliphatic carbocycles. The molecule has 154 valence electrons. The van der Waals surface area contributed by atoms with Crippen molar-refractivity contribution < 1.29 is 23.2 Å². The second-order valence-electron chi connectivity index (χ2n) is 6.88. The first-order chi connectivity index (χ1) is 13.9. The van der Waals surface area contributed by atoms with Crippen LogP contribution in [0.5, 0.6) is 11.5 Å². The molecule has 0 spiro atoms. The summed E-state index contributed by atoms with van der Waals surface area (Å²) in [6.07, 6.45) is 5.33. The third-order valence-corrected chi connectivity index (χ3v) is 6.15. The van der Waals surface area contributed by atoms with Crippen LogP contribution in [0.25, 0.3) is 6.08 Å². The summed E-state index contributed by atoms with van der Waals surface area (Å²) in [7, 11) is 6.88. The molecular weight excluding hydrogens is 392 g/mol. The highest BCUT2D eigenvalue weighted by Gasteiger charge is 2.30. The quantitative estimate of drug-likeness (QED) is 0.641. The minimum absolute atomic E-state index is 0.133. The first-order valence-electron chi connectivity index (χ1n) is 8.96. The van der Waals surface area contributed by atoms with Gasteiger partial charge in [0, 0.05) is 30.9 Å². The summed E-state index contributed by atoms with van der Waals surface area (Å²) in [4.78, 5) is 18.9. The topological polar surface area (TPSA) is 78.0 Å². The highest BCUT2D eigenvalue weighted by molar-refractivity contribution is 7.90. The molecule has 1 aliphatic rings. The van der Waals surface area contributed by atoms with Gasteiger partial charge < -0.3 is 19.1 Å². The van der Waals surface area contributed by atoms with Gasteiger partial charge in [-0.25, -0.2) is 9.00 Å². The molecule has 0 saturated carbocycles. The molecule has 29 heavy (non-hydrogen) atoms. The summed E-state index contributed by atoms with van der Waals surface area (Å²) in [6, 6.07) is 3.90. The summed E-state index contributed by atoms with van der Waals surface area (Å²) in [5.41, 5.74) is 3.34. The van der Waals surface area contributed by atoms with Crippen LogP contribution in [0.15, 0.2) is 34.3 Å². The first kappa shape index (κ1) is 21.0. The molecule has 7 nitrogen and oxygen atoms in total. The molecule has 1 aliphatic heterocycles. The lowest BCUT2D eigenvalue weighted by molar-refractivity contribution is -0.135. The van der Waals surface area contributed by atoms with E-state index in [0.29, 0.717) is 23.4 Å². The monoisotopic (exact) mass is 416 g/mol. The lowest BCUT2D eigenvalue weighted by Crippen LogP contribution is -2.13. The van der Waals surface area contributed by atoms with Crippen molar-refractivity contribution >= 4 is 22.8 Å². The van der Waals surface area contributed by atoms with Crippen molar-refractivity contribution in [3.8, 4) is 11.5 Å². The number of carbonyl (C=O) groups is 1. The average molecular weight is 416 g/mol. The van der Waals surface area contributed by atoms with Gasteiger partial charge in [0.05, 0.1) is 42.6 Å². The van der Waals surface area contributed by atoms with Crippen molar-refractivity contribution in [3.63, 3.8) is 0 Å². The van der Waals surface area contributed by atoms with E-state index in [2.05, 4.69) is 4.98 Å². The fourth-order valence-corrected chi connectivity index (χ4v) is 4.71. The standard InChI is InChI=1S/C21H24N2O5S/c1-23(2)12-16-17(26-3)7-13(8-18(16)27-4)6-14-10-22-11-15-9-19(21(24)28-5)29(25)20(14)15/h7-11H,6,12H2,1-5H3. The zero-order valence-corrected chi connectivity index (χ0v) is 18.0. The largest absolute Gasteiger partial charge is 0.496 e. The van der Waals surface area contributed by atoms with Crippen molar-refractivity contribution in [2.45, 2.75) is 17.9 Å². The van der Waals surface area contributed by atoms with Gasteiger partial charge in [0.15, 0.2) is 0 Å². The molecular formula is C21H24N2O5S. The number of methoxy groups -OCH3 is 3. The van der Waals surface area contributed by atoms with Gasteiger partial charge in [-0.3, -0.25) is 4.98 Å². The lowest BCUT2D eigenvalue weighted by atomic mass is 10.0. The predicted octanol–water partition coefficient (Wildman–Crippen LogP) is 2.39. The number of rotatable bonds is 7. The van der Waals surface area contributed by atoms with E-state index in [4.69, 9.17) is 14.2 Å². The van der Waals surface area contributed by atoms with Gasteiger partial charge in [0.2, 0.25) is 0 Å². The van der Waals surface area contributed by atoms with E-state index in [1.807, 2.05) is 31.1 Å². The molecule has 0 fully saturated rings. The van der Waals surface area contributed by atoms with Crippen molar-refractivity contribution in [2.75, 3.05) is 35.4 Å². The maximum atomic E-state index is 12.9. The summed E-state index contributed by atoms with van der Waals surface area (Å²) in [5, 5.41) is 0. The smallest absolute Gasteiger partial charge is 0.347 e. The number of nitrogens with zero attached hydrogens (tertiary/aromatic N) is 2. The number of esters is 1. The molecule has 0 N–H and O–H groups in total. The molecule has 0 radical (unpaired) electrons. The maximum absolute atomic E-state index is 12.9. The average Bonchev–Trinajstić information content (AvgIpc) is 3.05. The number of pyridine rings is 1. The first-order valence-corrected chi connectivity index (χ1v) is 10.1. The molecule has 0 amide bonds. The molecule has 8 heteroatoms. The van der Waals surface area contributed by atoms with Gasteiger partial charge >= 0.3 is 5.97 Å². The van der Waals surface area contributed by atoms with Crippen molar-refractivity contribution in [3.05, 3.63) is 51.7 Å². The Kier molecular flexibility index (Phi) is 6.34. The highest BCUT2D eigenvalue weighted by atomic mass is 32.2. The van der Waals surface area contributed by atoms with E-state index < -0.39 is 16.8 Å².